The second-order valence-corrected chi connectivity index (χ2v) is 4.97. The Balaban J connectivity index is 2.31. The van der Waals surface area contributed by atoms with Crippen molar-refractivity contribution in [3.63, 3.8) is 0 Å². The number of rotatable bonds is 5. The molecule has 2 nitrogen and oxygen atoms in total. The molecule has 0 aliphatic carbocycles. The van der Waals surface area contributed by atoms with Crippen LogP contribution < -0.4 is 4.90 Å². The van der Waals surface area contributed by atoms with Crippen LogP contribution in [0.3, 0.4) is 0 Å². The average Bonchev–Trinajstić information content (AvgIpc) is 2.40. The molecule has 1 heterocycles. The van der Waals surface area contributed by atoms with E-state index in [0.717, 1.165) is 23.4 Å². The Kier molecular flexibility index (Phi) is 4.76. The van der Waals surface area contributed by atoms with Crippen molar-refractivity contribution in [1.82, 2.24) is 4.98 Å². The van der Waals surface area contributed by atoms with Crippen LogP contribution in [0.15, 0.2) is 53.1 Å². The van der Waals surface area contributed by atoms with E-state index in [0.29, 0.717) is 0 Å². The third-order valence-electron chi connectivity index (χ3n) is 2.78. The highest BCUT2D eigenvalue weighted by Gasteiger charge is 2.09. The van der Waals surface area contributed by atoms with Crippen molar-refractivity contribution in [2.45, 2.75) is 19.8 Å². The fourth-order valence-electron chi connectivity index (χ4n) is 1.85. The standard InChI is InChI=1S/C15H17BrN2/c1-2-3-12-18(13-8-5-4-6-9-13)15-11-7-10-14(16)17-15/h4-11H,2-3,12H2,1H3. The first-order valence-electron chi connectivity index (χ1n) is 6.26. The number of nitrogens with zero attached hydrogens (tertiary/aromatic N) is 2. The van der Waals surface area contributed by atoms with Crippen molar-refractivity contribution in [1.29, 1.82) is 0 Å². The lowest BCUT2D eigenvalue weighted by Gasteiger charge is -2.23. The van der Waals surface area contributed by atoms with Crippen molar-refractivity contribution >= 4 is 27.4 Å². The average molecular weight is 305 g/mol. The Morgan fingerprint density at radius 3 is 2.50 bits per heavy atom. The van der Waals surface area contributed by atoms with Gasteiger partial charge < -0.3 is 4.90 Å². The Morgan fingerprint density at radius 1 is 1.06 bits per heavy atom. The summed E-state index contributed by atoms with van der Waals surface area (Å²) in [6, 6.07) is 16.4. The molecule has 0 atom stereocenters. The highest BCUT2D eigenvalue weighted by atomic mass is 79.9. The van der Waals surface area contributed by atoms with Gasteiger partial charge in [0.05, 0.1) is 0 Å². The highest BCUT2D eigenvalue weighted by Crippen LogP contribution is 2.24. The second kappa shape index (κ2) is 6.55. The van der Waals surface area contributed by atoms with E-state index in [1.165, 1.54) is 12.1 Å². The van der Waals surface area contributed by atoms with Gasteiger partial charge in [-0.05, 0) is 46.6 Å². The molecule has 0 bridgehead atoms. The van der Waals surface area contributed by atoms with Gasteiger partial charge in [-0.25, -0.2) is 4.98 Å². The maximum absolute atomic E-state index is 4.55. The molecule has 1 aromatic carbocycles. The van der Waals surface area contributed by atoms with Crippen LogP contribution in [0.5, 0.6) is 0 Å². The summed E-state index contributed by atoms with van der Waals surface area (Å²) in [6.07, 6.45) is 2.33. The van der Waals surface area contributed by atoms with Gasteiger partial charge in [-0.2, -0.15) is 0 Å². The summed E-state index contributed by atoms with van der Waals surface area (Å²) in [5.41, 5.74) is 1.19. The van der Waals surface area contributed by atoms with Crippen LogP contribution in [0, 0.1) is 0 Å². The number of para-hydroxylation sites is 1. The van der Waals surface area contributed by atoms with Gasteiger partial charge in [-0.15, -0.1) is 0 Å². The van der Waals surface area contributed by atoms with E-state index in [-0.39, 0.29) is 0 Å². The minimum Gasteiger partial charge on any atom is -0.326 e. The lowest BCUT2D eigenvalue weighted by Crippen LogP contribution is -2.19. The van der Waals surface area contributed by atoms with Gasteiger partial charge >= 0.3 is 0 Å². The molecule has 1 aromatic heterocycles. The van der Waals surface area contributed by atoms with Gasteiger partial charge in [0.15, 0.2) is 0 Å². The molecular weight excluding hydrogens is 288 g/mol. The summed E-state index contributed by atoms with van der Waals surface area (Å²) in [5, 5.41) is 0. The van der Waals surface area contributed by atoms with Crippen LogP contribution in [0.2, 0.25) is 0 Å². The molecule has 18 heavy (non-hydrogen) atoms. The molecule has 0 saturated carbocycles. The predicted molar refractivity (Wildman–Crippen MR) is 80.3 cm³/mol. The normalized spacial score (nSPS) is 10.3. The number of hydrogen-bond donors (Lipinski definition) is 0. The lowest BCUT2D eigenvalue weighted by atomic mass is 10.2. The zero-order valence-electron chi connectivity index (χ0n) is 10.5. The SMILES string of the molecule is CCCCN(c1ccccc1)c1cccc(Br)n1. The molecule has 0 saturated heterocycles. The number of aromatic nitrogens is 1. The van der Waals surface area contributed by atoms with E-state index < -0.39 is 0 Å². The van der Waals surface area contributed by atoms with Gasteiger partial charge in [0, 0.05) is 12.2 Å². The van der Waals surface area contributed by atoms with Gasteiger partial charge in [0.1, 0.15) is 10.4 Å². The Hall–Kier alpha value is -1.35. The first kappa shape index (κ1) is 13.1. The van der Waals surface area contributed by atoms with E-state index in [1.807, 2.05) is 24.3 Å². The summed E-state index contributed by atoms with van der Waals surface area (Å²) >= 11 is 3.43. The molecule has 0 fully saturated rings. The van der Waals surface area contributed by atoms with Gasteiger partial charge in [-0.3, -0.25) is 0 Å². The molecule has 0 amide bonds. The first-order chi connectivity index (χ1) is 8.81. The zero-order valence-corrected chi connectivity index (χ0v) is 12.1. The topological polar surface area (TPSA) is 16.1 Å². The monoisotopic (exact) mass is 304 g/mol. The van der Waals surface area contributed by atoms with Crippen molar-refractivity contribution in [3.05, 3.63) is 53.1 Å². The van der Waals surface area contributed by atoms with Crippen molar-refractivity contribution in [2.75, 3.05) is 11.4 Å². The summed E-state index contributed by atoms with van der Waals surface area (Å²) in [6.45, 7) is 3.20. The Labute approximate surface area is 117 Å². The Morgan fingerprint density at radius 2 is 1.83 bits per heavy atom. The molecule has 2 aromatic rings. The summed E-state index contributed by atoms with van der Waals surface area (Å²) < 4.78 is 0.873. The van der Waals surface area contributed by atoms with E-state index in [4.69, 9.17) is 0 Å². The molecule has 0 N–H and O–H groups in total. The predicted octanol–water partition coefficient (Wildman–Crippen LogP) is 4.78. The fourth-order valence-corrected chi connectivity index (χ4v) is 2.18. The van der Waals surface area contributed by atoms with Gasteiger partial charge in [0.2, 0.25) is 0 Å². The highest BCUT2D eigenvalue weighted by molar-refractivity contribution is 9.10. The van der Waals surface area contributed by atoms with Crippen molar-refractivity contribution in [3.8, 4) is 0 Å². The first-order valence-corrected chi connectivity index (χ1v) is 7.05. The number of unbranched alkanes of at least 4 members (excludes halogenated alkanes) is 1. The number of pyridine rings is 1. The Bertz CT molecular complexity index is 485. The number of halogens is 1. The molecule has 0 unspecified atom stereocenters. The van der Waals surface area contributed by atoms with Gasteiger partial charge in [-0.1, -0.05) is 37.6 Å². The van der Waals surface area contributed by atoms with Gasteiger partial charge in [0.25, 0.3) is 0 Å². The third-order valence-corrected chi connectivity index (χ3v) is 3.22. The summed E-state index contributed by atoms with van der Waals surface area (Å²) in [4.78, 5) is 6.80. The van der Waals surface area contributed by atoms with Crippen LogP contribution in [-0.2, 0) is 0 Å². The molecule has 2 rings (SSSR count). The molecule has 0 radical (unpaired) electrons. The summed E-state index contributed by atoms with van der Waals surface area (Å²) in [7, 11) is 0. The maximum Gasteiger partial charge on any atom is 0.134 e. The minimum absolute atomic E-state index is 0.873. The van der Waals surface area contributed by atoms with E-state index in [2.05, 4.69) is 57.0 Å². The molecule has 3 heteroatoms. The smallest absolute Gasteiger partial charge is 0.134 e. The molecule has 0 aliphatic rings. The van der Waals surface area contributed by atoms with Crippen LogP contribution in [0.25, 0.3) is 0 Å². The van der Waals surface area contributed by atoms with E-state index in [9.17, 15) is 0 Å². The third kappa shape index (κ3) is 3.33. The summed E-state index contributed by atoms with van der Waals surface area (Å²) in [5.74, 6) is 0.990. The molecule has 0 spiro atoms. The molecule has 94 valence electrons. The molecule has 0 aliphatic heterocycles. The lowest BCUT2D eigenvalue weighted by molar-refractivity contribution is 0.779. The van der Waals surface area contributed by atoms with Crippen molar-refractivity contribution < 1.29 is 0 Å². The minimum atomic E-state index is 0.873. The zero-order chi connectivity index (χ0) is 12.8. The van der Waals surface area contributed by atoms with E-state index in [1.54, 1.807) is 0 Å². The van der Waals surface area contributed by atoms with Crippen LogP contribution in [-0.4, -0.2) is 11.5 Å². The van der Waals surface area contributed by atoms with Crippen LogP contribution >= 0.6 is 15.9 Å². The number of hydrogen-bond acceptors (Lipinski definition) is 2. The largest absolute Gasteiger partial charge is 0.326 e. The maximum atomic E-state index is 4.55. The fraction of sp³-hybridized carbons (Fsp3) is 0.267. The second-order valence-electron chi connectivity index (χ2n) is 4.16. The number of anilines is 2. The van der Waals surface area contributed by atoms with Crippen molar-refractivity contribution in [2.24, 2.45) is 0 Å². The van der Waals surface area contributed by atoms with E-state index >= 15 is 0 Å². The quantitative estimate of drug-likeness (QED) is 0.739. The molecular formula is C15H17BrN2. The van der Waals surface area contributed by atoms with Crippen LogP contribution in [0.1, 0.15) is 19.8 Å². The van der Waals surface area contributed by atoms with Crippen LogP contribution in [0.4, 0.5) is 11.5 Å². The number of benzene rings is 1.